The van der Waals surface area contributed by atoms with Gasteiger partial charge in [0.15, 0.2) is 4.75 Å². The predicted molar refractivity (Wildman–Crippen MR) is 115 cm³/mol. The molecule has 6 nitrogen and oxygen atoms in total. The SMILES string of the molecule is Cc1ccc(N2C[C@@H]3C[C@]3(C(=O)Nc3ccc(OC4CSC4)cc3)S2(=O)=O)cc1. The van der Waals surface area contributed by atoms with Crippen LogP contribution in [0.3, 0.4) is 0 Å². The summed E-state index contributed by atoms with van der Waals surface area (Å²) < 4.78 is 32.3. The van der Waals surface area contributed by atoms with Crippen LogP contribution in [0.15, 0.2) is 48.5 Å². The van der Waals surface area contributed by atoms with Crippen LogP contribution in [0.1, 0.15) is 12.0 Å². The highest BCUT2D eigenvalue weighted by molar-refractivity contribution is 8.00. The number of thioether (sulfide) groups is 1. The van der Waals surface area contributed by atoms with Crippen LogP contribution in [0.25, 0.3) is 0 Å². The summed E-state index contributed by atoms with van der Waals surface area (Å²) in [5, 5.41) is 2.81. The minimum atomic E-state index is -3.76. The normalized spacial score (nSPS) is 27.1. The zero-order valence-electron chi connectivity index (χ0n) is 16.0. The van der Waals surface area contributed by atoms with Gasteiger partial charge in [-0.05, 0) is 49.7 Å². The van der Waals surface area contributed by atoms with Crippen molar-refractivity contribution in [2.45, 2.75) is 24.2 Å². The van der Waals surface area contributed by atoms with Crippen molar-refractivity contribution in [2.75, 3.05) is 27.7 Å². The number of fused-ring (bicyclic) bond motifs is 1. The Morgan fingerprint density at radius 2 is 1.83 bits per heavy atom. The standard InChI is InChI=1S/C21H22N2O4S2/c1-14-2-6-17(7-3-14)23-11-15-10-21(15,29(23,25)26)20(24)22-16-4-8-18(9-5-16)27-19-12-28-13-19/h2-9,15,19H,10-13H2,1H3,(H,22,24)/t15-,21-/m0/s1. The van der Waals surface area contributed by atoms with Crippen LogP contribution in [0.4, 0.5) is 11.4 Å². The average molecular weight is 431 g/mol. The molecule has 8 heteroatoms. The molecular weight excluding hydrogens is 408 g/mol. The second kappa shape index (κ2) is 6.67. The molecule has 2 aromatic carbocycles. The molecule has 1 N–H and O–H groups in total. The van der Waals surface area contributed by atoms with E-state index in [9.17, 15) is 13.2 Å². The quantitative estimate of drug-likeness (QED) is 0.789. The Labute approximate surface area is 174 Å². The van der Waals surface area contributed by atoms with E-state index in [4.69, 9.17) is 4.74 Å². The van der Waals surface area contributed by atoms with Crippen molar-refractivity contribution in [2.24, 2.45) is 5.92 Å². The number of rotatable bonds is 5. The van der Waals surface area contributed by atoms with Gasteiger partial charge < -0.3 is 10.1 Å². The van der Waals surface area contributed by atoms with Crippen LogP contribution in [-0.4, -0.2) is 43.2 Å². The van der Waals surface area contributed by atoms with E-state index in [1.54, 1.807) is 24.3 Å². The first-order chi connectivity index (χ1) is 13.9. The fourth-order valence-electron chi connectivity index (χ4n) is 4.01. The molecule has 0 unspecified atom stereocenters. The van der Waals surface area contributed by atoms with Gasteiger partial charge in [0, 0.05) is 29.7 Å². The first-order valence-electron chi connectivity index (χ1n) is 9.65. The highest BCUT2D eigenvalue weighted by atomic mass is 32.2. The smallest absolute Gasteiger partial charge is 0.250 e. The summed E-state index contributed by atoms with van der Waals surface area (Å²) in [7, 11) is -3.76. The number of hydrogen-bond acceptors (Lipinski definition) is 5. The van der Waals surface area contributed by atoms with Gasteiger partial charge in [0.1, 0.15) is 11.9 Å². The van der Waals surface area contributed by atoms with Gasteiger partial charge in [-0.1, -0.05) is 17.7 Å². The lowest BCUT2D eigenvalue weighted by atomic mass is 10.2. The summed E-state index contributed by atoms with van der Waals surface area (Å²) in [6.07, 6.45) is 0.632. The minimum Gasteiger partial charge on any atom is -0.489 e. The molecule has 1 aliphatic carbocycles. The Hall–Kier alpha value is -2.19. The van der Waals surface area contributed by atoms with Crippen LogP contribution < -0.4 is 14.4 Å². The summed E-state index contributed by atoms with van der Waals surface area (Å²) >= 11 is 1.85. The topological polar surface area (TPSA) is 75.7 Å². The van der Waals surface area contributed by atoms with Crippen molar-refractivity contribution >= 4 is 39.1 Å². The number of nitrogens with zero attached hydrogens (tertiary/aromatic N) is 1. The Bertz CT molecular complexity index is 1050. The van der Waals surface area contributed by atoms with E-state index >= 15 is 0 Å². The molecular formula is C21H22N2O4S2. The van der Waals surface area contributed by atoms with Crippen molar-refractivity contribution in [3.8, 4) is 5.75 Å². The molecule has 3 aliphatic rings. The number of carbonyl (C=O) groups is 1. The number of amides is 1. The van der Waals surface area contributed by atoms with Crippen LogP contribution >= 0.6 is 11.8 Å². The number of nitrogens with one attached hydrogen (secondary N) is 1. The molecule has 2 heterocycles. The van der Waals surface area contributed by atoms with E-state index in [0.717, 1.165) is 22.8 Å². The second-order valence-corrected chi connectivity index (χ2v) is 11.1. The Balaban J connectivity index is 1.31. The third kappa shape index (κ3) is 3.00. The molecule has 2 atom stereocenters. The van der Waals surface area contributed by atoms with E-state index in [1.807, 2.05) is 43.0 Å². The first kappa shape index (κ1) is 18.8. The van der Waals surface area contributed by atoms with Crippen LogP contribution in [0.2, 0.25) is 0 Å². The van der Waals surface area contributed by atoms with E-state index in [-0.39, 0.29) is 12.0 Å². The van der Waals surface area contributed by atoms with Crippen molar-refractivity contribution in [3.05, 3.63) is 54.1 Å². The zero-order valence-corrected chi connectivity index (χ0v) is 17.6. The monoisotopic (exact) mass is 430 g/mol. The molecule has 0 bridgehead atoms. The van der Waals surface area contributed by atoms with E-state index in [0.29, 0.717) is 24.3 Å². The van der Waals surface area contributed by atoms with Gasteiger partial charge in [-0.25, -0.2) is 8.42 Å². The van der Waals surface area contributed by atoms with Crippen LogP contribution in [-0.2, 0) is 14.8 Å². The number of aryl methyl sites for hydroxylation is 1. The fourth-order valence-corrected chi connectivity index (χ4v) is 6.93. The maximum absolute atomic E-state index is 13.2. The van der Waals surface area contributed by atoms with Crippen LogP contribution in [0.5, 0.6) is 5.75 Å². The van der Waals surface area contributed by atoms with E-state index < -0.39 is 20.7 Å². The lowest BCUT2D eigenvalue weighted by molar-refractivity contribution is -0.116. The molecule has 0 aromatic heterocycles. The molecule has 0 radical (unpaired) electrons. The van der Waals surface area contributed by atoms with Gasteiger partial charge in [-0.3, -0.25) is 9.10 Å². The molecule has 5 rings (SSSR count). The highest BCUT2D eigenvalue weighted by Gasteiger charge is 2.75. The first-order valence-corrected chi connectivity index (χ1v) is 12.2. The molecule has 0 spiro atoms. The van der Waals surface area contributed by atoms with Crippen molar-refractivity contribution < 1.29 is 17.9 Å². The van der Waals surface area contributed by atoms with Crippen molar-refractivity contribution in [1.29, 1.82) is 0 Å². The Morgan fingerprint density at radius 1 is 1.14 bits per heavy atom. The maximum atomic E-state index is 13.2. The molecule has 2 aromatic rings. The van der Waals surface area contributed by atoms with Crippen LogP contribution in [0, 0.1) is 12.8 Å². The average Bonchev–Trinajstić information content (AvgIpc) is 3.36. The Kier molecular flexibility index (Phi) is 4.33. The molecule has 1 saturated carbocycles. The van der Waals surface area contributed by atoms with Crippen molar-refractivity contribution in [1.82, 2.24) is 0 Å². The maximum Gasteiger partial charge on any atom is 0.250 e. The number of sulfonamides is 1. The van der Waals surface area contributed by atoms with E-state index in [1.165, 1.54) is 4.31 Å². The van der Waals surface area contributed by atoms with Gasteiger partial charge in [0.25, 0.3) is 0 Å². The fraction of sp³-hybridized carbons (Fsp3) is 0.381. The predicted octanol–water partition coefficient (Wildman–Crippen LogP) is 3.04. The lowest BCUT2D eigenvalue weighted by Crippen LogP contribution is -2.42. The third-order valence-corrected chi connectivity index (χ3v) is 9.68. The van der Waals surface area contributed by atoms with Gasteiger partial charge in [-0.2, -0.15) is 11.8 Å². The highest BCUT2D eigenvalue weighted by Crippen LogP contribution is 2.58. The number of carbonyl (C=O) groups excluding carboxylic acids is 1. The van der Waals surface area contributed by atoms with Crippen molar-refractivity contribution in [3.63, 3.8) is 0 Å². The number of ether oxygens (including phenoxy) is 1. The van der Waals surface area contributed by atoms with Gasteiger partial charge in [-0.15, -0.1) is 0 Å². The molecule has 1 amide bonds. The minimum absolute atomic E-state index is 0.174. The van der Waals surface area contributed by atoms with Gasteiger partial charge in [0.05, 0.1) is 5.69 Å². The summed E-state index contributed by atoms with van der Waals surface area (Å²) in [5.41, 5.74) is 2.26. The Morgan fingerprint density at radius 3 is 2.45 bits per heavy atom. The summed E-state index contributed by atoms with van der Waals surface area (Å²) in [6.45, 7) is 2.31. The molecule has 2 saturated heterocycles. The molecule has 3 fully saturated rings. The zero-order chi connectivity index (χ0) is 20.2. The third-order valence-electron chi connectivity index (χ3n) is 5.91. The van der Waals surface area contributed by atoms with E-state index in [2.05, 4.69) is 5.32 Å². The summed E-state index contributed by atoms with van der Waals surface area (Å²) in [4.78, 5) is 13.0. The lowest BCUT2D eigenvalue weighted by Gasteiger charge is -2.26. The number of benzene rings is 2. The number of hydrogen-bond donors (Lipinski definition) is 1. The molecule has 152 valence electrons. The number of anilines is 2. The molecule has 2 aliphatic heterocycles. The second-order valence-electron chi connectivity index (χ2n) is 7.92. The summed E-state index contributed by atoms with van der Waals surface area (Å²) in [5.74, 6) is 2.14. The largest absolute Gasteiger partial charge is 0.489 e. The summed E-state index contributed by atoms with van der Waals surface area (Å²) in [6, 6.07) is 14.5. The molecule has 29 heavy (non-hydrogen) atoms. The van der Waals surface area contributed by atoms with Gasteiger partial charge >= 0.3 is 0 Å². The van der Waals surface area contributed by atoms with Gasteiger partial charge in [0.2, 0.25) is 15.9 Å².